The minimum atomic E-state index is -0.290. The van der Waals surface area contributed by atoms with Crippen LogP contribution in [0.25, 0.3) is 17.0 Å². The Kier molecular flexibility index (Phi) is 4.56. The second-order valence-electron chi connectivity index (χ2n) is 6.66. The molecule has 136 valence electrons. The Hall–Kier alpha value is -3.25. The number of pyridine rings is 2. The molecule has 0 amide bonds. The molecule has 3 heterocycles. The highest BCUT2D eigenvalue weighted by Crippen LogP contribution is 2.30. The van der Waals surface area contributed by atoms with Gasteiger partial charge < -0.3 is 10.2 Å². The molecule has 0 atom stereocenters. The first kappa shape index (κ1) is 17.2. The third kappa shape index (κ3) is 3.66. The number of benzene rings is 1. The maximum absolute atomic E-state index is 13.7. The van der Waals surface area contributed by atoms with Gasteiger partial charge in [0.15, 0.2) is 0 Å². The number of rotatable bonds is 5. The van der Waals surface area contributed by atoms with Crippen LogP contribution in [-0.2, 0) is 6.54 Å². The monoisotopic (exact) mass is 361 g/mol. The second-order valence-corrected chi connectivity index (χ2v) is 6.66. The van der Waals surface area contributed by atoms with Gasteiger partial charge in [-0.15, -0.1) is 0 Å². The summed E-state index contributed by atoms with van der Waals surface area (Å²) in [4.78, 5) is 11.3. The van der Waals surface area contributed by atoms with Crippen molar-refractivity contribution >= 4 is 17.2 Å². The number of hydrogen-bond acceptors (Lipinski definition) is 4. The molecule has 1 aromatic carbocycles. The molecule has 1 N–H and O–H groups in total. The lowest BCUT2D eigenvalue weighted by atomic mass is 10.2. The Labute approximate surface area is 157 Å². The molecule has 4 aromatic rings. The van der Waals surface area contributed by atoms with Crippen molar-refractivity contribution in [2.75, 3.05) is 19.4 Å². The van der Waals surface area contributed by atoms with E-state index in [1.54, 1.807) is 12.3 Å². The lowest BCUT2D eigenvalue weighted by Gasteiger charge is -2.12. The summed E-state index contributed by atoms with van der Waals surface area (Å²) in [7, 11) is 4.06. The summed E-state index contributed by atoms with van der Waals surface area (Å²) in [5.74, 6) is 0.469. The fraction of sp³-hybridized carbons (Fsp3) is 0.143. The van der Waals surface area contributed by atoms with Crippen LogP contribution < -0.4 is 5.32 Å². The number of nitrogens with zero attached hydrogens (tertiary/aromatic N) is 4. The van der Waals surface area contributed by atoms with Gasteiger partial charge in [-0.1, -0.05) is 18.2 Å². The first-order valence-electron chi connectivity index (χ1n) is 8.70. The van der Waals surface area contributed by atoms with E-state index in [4.69, 9.17) is 4.98 Å². The molecule has 0 saturated carbocycles. The van der Waals surface area contributed by atoms with Crippen LogP contribution in [0.4, 0.5) is 15.9 Å². The van der Waals surface area contributed by atoms with Crippen molar-refractivity contribution in [2.24, 2.45) is 0 Å². The van der Waals surface area contributed by atoms with E-state index in [0.717, 1.165) is 35.0 Å². The van der Waals surface area contributed by atoms with Crippen LogP contribution in [0.1, 0.15) is 5.56 Å². The van der Waals surface area contributed by atoms with Gasteiger partial charge in [0.25, 0.3) is 0 Å². The first-order chi connectivity index (χ1) is 13.1. The van der Waals surface area contributed by atoms with Crippen molar-refractivity contribution in [2.45, 2.75) is 6.54 Å². The van der Waals surface area contributed by atoms with E-state index in [0.29, 0.717) is 5.69 Å². The van der Waals surface area contributed by atoms with Gasteiger partial charge in [0.1, 0.15) is 23.0 Å². The molecule has 0 aliphatic carbocycles. The number of aromatic nitrogens is 3. The maximum atomic E-state index is 13.7. The van der Waals surface area contributed by atoms with Crippen LogP contribution in [0, 0.1) is 5.82 Å². The average Bonchev–Trinajstić information content (AvgIpc) is 3.00. The highest BCUT2D eigenvalue weighted by atomic mass is 19.1. The van der Waals surface area contributed by atoms with Crippen molar-refractivity contribution in [3.8, 4) is 11.4 Å². The summed E-state index contributed by atoms with van der Waals surface area (Å²) >= 11 is 0. The molecule has 5 nitrogen and oxygen atoms in total. The standard InChI is InChI=1S/C21H20FN5/c1-26(2)13-15-9-10-19-25-20(18-8-3-4-11-23-18)21(27(19)14-15)24-17-7-5-6-16(22)12-17/h3-12,14,24H,13H2,1-2H3. The number of imidazole rings is 1. The van der Waals surface area contributed by atoms with Gasteiger partial charge in [0, 0.05) is 24.6 Å². The van der Waals surface area contributed by atoms with Crippen LogP contribution in [0.3, 0.4) is 0 Å². The number of nitrogens with one attached hydrogen (secondary N) is 1. The molecule has 0 unspecified atom stereocenters. The van der Waals surface area contributed by atoms with E-state index in [1.165, 1.54) is 12.1 Å². The van der Waals surface area contributed by atoms with E-state index in [-0.39, 0.29) is 5.82 Å². The van der Waals surface area contributed by atoms with Gasteiger partial charge >= 0.3 is 0 Å². The fourth-order valence-corrected chi connectivity index (χ4v) is 3.05. The predicted molar refractivity (Wildman–Crippen MR) is 105 cm³/mol. The van der Waals surface area contributed by atoms with Gasteiger partial charge in [0.2, 0.25) is 0 Å². The molecule has 0 bridgehead atoms. The molecule has 27 heavy (non-hydrogen) atoms. The summed E-state index contributed by atoms with van der Waals surface area (Å²) in [6.07, 6.45) is 3.79. The van der Waals surface area contributed by atoms with Crippen LogP contribution in [0.2, 0.25) is 0 Å². The third-order valence-corrected chi connectivity index (χ3v) is 4.17. The van der Waals surface area contributed by atoms with E-state index in [9.17, 15) is 4.39 Å². The topological polar surface area (TPSA) is 45.5 Å². The normalized spacial score (nSPS) is 11.3. The molecule has 3 aromatic heterocycles. The number of hydrogen-bond donors (Lipinski definition) is 1. The van der Waals surface area contributed by atoms with E-state index in [1.807, 2.05) is 48.8 Å². The molecule has 4 rings (SSSR count). The number of anilines is 2. The van der Waals surface area contributed by atoms with Gasteiger partial charge in [-0.3, -0.25) is 9.38 Å². The molecule has 6 heteroatoms. The molecular formula is C21H20FN5. The quantitative estimate of drug-likeness (QED) is 0.574. The minimum absolute atomic E-state index is 0.290. The maximum Gasteiger partial charge on any atom is 0.144 e. The Balaban J connectivity index is 1.87. The van der Waals surface area contributed by atoms with Crippen molar-refractivity contribution in [1.82, 2.24) is 19.3 Å². The molecule has 0 aliphatic rings. The van der Waals surface area contributed by atoms with Crippen LogP contribution in [0.15, 0.2) is 67.0 Å². The van der Waals surface area contributed by atoms with Crippen molar-refractivity contribution in [3.63, 3.8) is 0 Å². The van der Waals surface area contributed by atoms with Gasteiger partial charge in [-0.2, -0.15) is 0 Å². The van der Waals surface area contributed by atoms with Gasteiger partial charge in [-0.05, 0) is 56.1 Å². The Bertz CT molecular complexity index is 1070. The zero-order valence-electron chi connectivity index (χ0n) is 15.2. The fourth-order valence-electron chi connectivity index (χ4n) is 3.05. The lowest BCUT2D eigenvalue weighted by molar-refractivity contribution is 0.402. The third-order valence-electron chi connectivity index (χ3n) is 4.17. The average molecular weight is 361 g/mol. The van der Waals surface area contributed by atoms with Crippen molar-refractivity contribution in [3.05, 3.63) is 78.4 Å². The minimum Gasteiger partial charge on any atom is -0.339 e. The number of fused-ring (bicyclic) bond motifs is 1. The van der Waals surface area contributed by atoms with Crippen LogP contribution >= 0.6 is 0 Å². The molecule has 0 radical (unpaired) electrons. The van der Waals surface area contributed by atoms with Crippen molar-refractivity contribution in [1.29, 1.82) is 0 Å². The zero-order chi connectivity index (χ0) is 18.8. The lowest BCUT2D eigenvalue weighted by Crippen LogP contribution is -2.11. The van der Waals surface area contributed by atoms with Crippen LogP contribution in [0.5, 0.6) is 0 Å². The van der Waals surface area contributed by atoms with E-state index >= 15 is 0 Å². The summed E-state index contributed by atoms with van der Waals surface area (Å²) in [5.41, 5.74) is 4.10. The second kappa shape index (κ2) is 7.17. The van der Waals surface area contributed by atoms with Gasteiger partial charge in [0.05, 0.1) is 5.69 Å². The Morgan fingerprint density at radius 3 is 2.70 bits per heavy atom. The predicted octanol–water partition coefficient (Wildman–Crippen LogP) is 4.34. The zero-order valence-corrected chi connectivity index (χ0v) is 15.2. The van der Waals surface area contributed by atoms with E-state index < -0.39 is 0 Å². The Morgan fingerprint density at radius 2 is 1.96 bits per heavy atom. The van der Waals surface area contributed by atoms with Gasteiger partial charge in [-0.25, -0.2) is 9.37 Å². The first-order valence-corrected chi connectivity index (χ1v) is 8.70. The molecule has 0 fully saturated rings. The largest absolute Gasteiger partial charge is 0.339 e. The summed E-state index contributed by atoms with van der Waals surface area (Å²) in [5, 5.41) is 3.32. The van der Waals surface area contributed by atoms with Crippen LogP contribution in [-0.4, -0.2) is 33.4 Å². The molecule has 0 saturated heterocycles. The molecule has 0 aliphatic heterocycles. The Morgan fingerprint density at radius 1 is 1.07 bits per heavy atom. The SMILES string of the molecule is CN(C)Cc1ccc2nc(-c3ccccn3)c(Nc3cccc(F)c3)n2c1. The number of halogens is 1. The highest BCUT2D eigenvalue weighted by molar-refractivity contribution is 5.78. The summed E-state index contributed by atoms with van der Waals surface area (Å²) in [6.45, 7) is 0.812. The highest BCUT2D eigenvalue weighted by Gasteiger charge is 2.16. The van der Waals surface area contributed by atoms with E-state index in [2.05, 4.69) is 27.5 Å². The summed E-state index contributed by atoms with van der Waals surface area (Å²) < 4.78 is 15.7. The summed E-state index contributed by atoms with van der Waals surface area (Å²) in [6, 6.07) is 16.2. The smallest absolute Gasteiger partial charge is 0.144 e. The molecule has 0 spiro atoms. The molecular weight excluding hydrogens is 341 g/mol. The van der Waals surface area contributed by atoms with Crippen molar-refractivity contribution < 1.29 is 4.39 Å².